The second-order valence-electron chi connectivity index (χ2n) is 8.71. The number of sulfone groups is 1. The van der Waals surface area contributed by atoms with E-state index >= 15 is 0 Å². The van der Waals surface area contributed by atoms with Gasteiger partial charge in [0.1, 0.15) is 0 Å². The van der Waals surface area contributed by atoms with Gasteiger partial charge in [-0.3, -0.25) is 0 Å². The summed E-state index contributed by atoms with van der Waals surface area (Å²) in [5.74, 6) is 0. The molecule has 188 valence electrons. The van der Waals surface area contributed by atoms with E-state index in [0.717, 1.165) is 61.0 Å². The Morgan fingerprint density at radius 2 is 1.06 bits per heavy atom. The molecular formula is C24H30Cl2N6O2S. The van der Waals surface area contributed by atoms with Gasteiger partial charge in [-0.1, -0.05) is 76.6 Å². The van der Waals surface area contributed by atoms with Crippen molar-refractivity contribution in [2.75, 3.05) is 0 Å². The van der Waals surface area contributed by atoms with Gasteiger partial charge in [0, 0.05) is 0 Å². The van der Waals surface area contributed by atoms with Gasteiger partial charge in [-0.05, 0) is 48.9 Å². The second-order valence-corrected chi connectivity index (χ2v) is 11.2. The summed E-state index contributed by atoms with van der Waals surface area (Å²) in [4.78, 5) is 8.81. The van der Waals surface area contributed by atoms with Crippen LogP contribution in [0.15, 0.2) is 22.2 Å². The molecule has 0 aliphatic heterocycles. The van der Waals surface area contributed by atoms with E-state index in [-0.39, 0.29) is 20.4 Å². The highest BCUT2D eigenvalue weighted by molar-refractivity contribution is 7.91. The Kier molecular flexibility index (Phi) is 7.68. The topological polar surface area (TPSA) is 94.5 Å². The fraction of sp³-hybridized carbons (Fsp3) is 0.500. The van der Waals surface area contributed by atoms with Crippen LogP contribution in [0.2, 0.25) is 10.3 Å². The molecule has 0 bridgehead atoms. The molecule has 0 N–H and O–H groups in total. The number of aryl methyl sites for hydroxylation is 4. The molecule has 4 rings (SSSR count). The highest BCUT2D eigenvalue weighted by Crippen LogP contribution is 2.34. The molecule has 0 saturated heterocycles. The van der Waals surface area contributed by atoms with Gasteiger partial charge in [0.05, 0.1) is 11.4 Å². The molecule has 0 unspecified atom stereocenters. The number of rotatable bonds is 10. The van der Waals surface area contributed by atoms with Crippen LogP contribution in [0, 0.1) is 0 Å². The van der Waals surface area contributed by atoms with E-state index in [2.05, 4.69) is 47.9 Å². The van der Waals surface area contributed by atoms with Crippen molar-refractivity contribution in [1.29, 1.82) is 0 Å². The van der Waals surface area contributed by atoms with E-state index in [0.29, 0.717) is 24.1 Å². The summed E-state index contributed by atoms with van der Waals surface area (Å²) in [5, 5.41) is 8.49. The lowest BCUT2D eigenvalue weighted by atomic mass is 10.1. The fourth-order valence-electron chi connectivity index (χ4n) is 4.39. The SMILES string of the molecule is CCCc1cc(CCC)c2nc(Cl)c(S(=O)(=O)c3c(Cl)nc4c(CCC)cc(CCC)nn34)n2n1. The first-order valence-electron chi connectivity index (χ1n) is 12.2. The largest absolute Gasteiger partial charge is 0.247 e. The first-order chi connectivity index (χ1) is 16.8. The Morgan fingerprint density at radius 1 is 0.686 bits per heavy atom. The molecular weight excluding hydrogens is 507 g/mol. The van der Waals surface area contributed by atoms with Crippen molar-refractivity contribution >= 4 is 44.3 Å². The molecule has 0 aliphatic rings. The molecule has 4 aromatic rings. The highest BCUT2D eigenvalue weighted by atomic mass is 35.5. The van der Waals surface area contributed by atoms with Gasteiger partial charge in [-0.2, -0.15) is 19.2 Å². The van der Waals surface area contributed by atoms with Crippen LogP contribution in [0.5, 0.6) is 0 Å². The summed E-state index contributed by atoms with van der Waals surface area (Å²) < 4.78 is 31.0. The zero-order valence-corrected chi connectivity index (χ0v) is 22.8. The minimum atomic E-state index is -4.28. The van der Waals surface area contributed by atoms with Crippen molar-refractivity contribution in [1.82, 2.24) is 29.2 Å². The maximum atomic E-state index is 14.1. The van der Waals surface area contributed by atoms with Crippen LogP contribution in [0.1, 0.15) is 75.9 Å². The van der Waals surface area contributed by atoms with Crippen LogP contribution >= 0.6 is 23.2 Å². The monoisotopic (exact) mass is 536 g/mol. The fourth-order valence-corrected chi connectivity index (χ4v) is 6.75. The van der Waals surface area contributed by atoms with Crippen LogP contribution < -0.4 is 0 Å². The van der Waals surface area contributed by atoms with Gasteiger partial charge in [0.25, 0.3) is 0 Å². The maximum Gasteiger partial charge on any atom is 0.247 e. The predicted molar refractivity (Wildman–Crippen MR) is 137 cm³/mol. The lowest BCUT2D eigenvalue weighted by Gasteiger charge is -2.10. The molecule has 4 aromatic heterocycles. The molecule has 0 fully saturated rings. The summed E-state index contributed by atoms with van der Waals surface area (Å²) in [7, 11) is -4.28. The Bertz CT molecular complexity index is 1390. The molecule has 0 atom stereocenters. The lowest BCUT2D eigenvalue weighted by Crippen LogP contribution is -2.14. The first kappa shape index (κ1) is 25.9. The minimum Gasteiger partial charge on any atom is -0.215 e. The summed E-state index contributed by atoms with van der Waals surface area (Å²) in [6.45, 7) is 8.22. The number of fused-ring (bicyclic) bond motifs is 2. The number of halogens is 2. The van der Waals surface area contributed by atoms with Crippen molar-refractivity contribution in [3.8, 4) is 0 Å². The molecule has 0 amide bonds. The van der Waals surface area contributed by atoms with Crippen LogP contribution in [0.25, 0.3) is 11.3 Å². The van der Waals surface area contributed by atoms with E-state index in [1.54, 1.807) is 0 Å². The van der Waals surface area contributed by atoms with Gasteiger partial charge >= 0.3 is 0 Å². The van der Waals surface area contributed by atoms with Crippen molar-refractivity contribution in [3.05, 3.63) is 45.0 Å². The van der Waals surface area contributed by atoms with Crippen LogP contribution in [-0.2, 0) is 35.5 Å². The second kappa shape index (κ2) is 10.4. The maximum absolute atomic E-state index is 14.1. The highest BCUT2D eigenvalue weighted by Gasteiger charge is 2.35. The molecule has 0 radical (unpaired) electrons. The quantitative estimate of drug-likeness (QED) is 0.257. The first-order valence-corrected chi connectivity index (χ1v) is 14.4. The van der Waals surface area contributed by atoms with Gasteiger partial charge in [-0.15, -0.1) is 0 Å². The van der Waals surface area contributed by atoms with Gasteiger partial charge < -0.3 is 0 Å². The van der Waals surface area contributed by atoms with Crippen molar-refractivity contribution in [3.63, 3.8) is 0 Å². The lowest BCUT2D eigenvalue weighted by molar-refractivity contribution is 0.578. The van der Waals surface area contributed by atoms with E-state index in [1.165, 1.54) is 9.03 Å². The molecule has 11 heteroatoms. The summed E-state index contributed by atoms with van der Waals surface area (Å²) in [6, 6.07) is 3.97. The van der Waals surface area contributed by atoms with Crippen LogP contribution in [0.3, 0.4) is 0 Å². The minimum absolute atomic E-state index is 0.145. The summed E-state index contributed by atoms with van der Waals surface area (Å²) in [5.41, 5.74) is 4.26. The number of hydrogen-bond acceptors (Lipinski definition) is 6. The average Bonchev–Trinajstić information content (AvgIpc) is 3.31. The third-order valence-corrected chi connectivity index (χ3v) is 8.32. The number of aromatic nitrogens is 6. The Morgan fingerprint density at radius 3 is 1.40 bits per heavy atom. The number of nitrogens with zero attached hydrogens (tertiary/aromatic N) is 6. The number of hydrogen-bond donors (Lipinski definition) is 0. The molecule has 8 nitrogen and oxygen atoms in total. The normalized spacial score (nSPS) is 12.3. The van der Waals surface area contributed by atoms with E-state index in [1.807, 2.05) is 12.1 Å². The average molecular weight is 538 g/mol. The number of imidazole rings is 2. The summed E-state index contributed by atoms with van der Waals surface area (Å²) >= 11 is 13.0. The van der Waals surface area contributed by atoms with Gasteiger partial charge in [0.15, 0.2) is 21.6 Å². The third kappa shape index (κ3) is 4.66. The van der Waals surface area contributed by atoms with Crippen molar-refractivity contribution in [2.45, 2.75) is 89.1 Å². The molecule has 0 aliphatic carbocycles. The molecule has 0 saturated carbocycles. The third-order valence-electron chi connectivity index (χ3n) is 5.82. The van der Waals surface area contributed by atoms with Gasteiger partial charge in [0.2, 0.25) is 19.9 Å². The van der Waals surface area contributed by atoms with Gasteiger partial charge in [-0.25, -0.2) is 18.4 Å². The Balaban J connectivity index is 2.03. The standard InChI is InChI=1S/C24H30Cl2N6O2S/c1-5-9-15-13-17(11-7-3)29-31-21(15)27-19(25)23(31)35(33,34)24-20(26)28-22-16(10-6-2)14-18(12-8-4)30-32(22)24/h13-14H,5-12H2,1-4H3. The van der Waals surface area contributed by atoms with Crippen molar-refractivity contribution in [2.24, 2.45) is 0 Å². The Labute approximate surface area is 215 Å². The molecule has 0 spiro atoms. The summed E-state index contributed by atoms with van der Waals surface area (Å²) in [6.07, 6.45) is 6.38. The van der Waals surface area contributed by atoms with Crippen LogP contribution in [0.4, 0.5) is 0 Å². The smallest absolute Gasteiger partial charge is 0.215 e. The molecule has 35 heavy (non-hydrogen) atoms. The van der Waals surface area contributed by atoms with Crippen molar-refractivity contribution < 1.29 is 8.42 Å². The molecule has 4 heterocycles. The van der Waals surface area contributed by atoms with E-state index < -0.39 is 9.84 Å². The Hall–Kier alpha value is -2.23. The van der Waals surface area contributed by atoms with E-state index in [4.69, 9.17) is 23.2 Å². The molecule has 0 aromatic carbocycles. The predicted octanol–water partition coefficient (Wildman–Crippen LogP) is 5.72. The zero-order valence-electron chi connectivity index (χ0n) is 20.5. The zero-order chi connectivity index (χ0) is 25.3. The van der Waals surface area contributed by atoms with E-state index in [9.17, 15) is 8.42 Å². The van der Waals surface area contributed by atoms with Crippen LogP contribution in [-0.4, -0.2) is 37.6 Å².